The molecule has 1 fully saturated rings. The van der Waals surface area contributed by atoms with Crippen molar-refractivity contribution >= 4 is 22.8 Å². The average molecular weight is 330 g/mol. The first-order valence-corrected chi connectivity index (χ1v) is 8.00. The van der Waals surface area contributed by atoms with Gasteiger partial charge in [0.05, 0.1) is 5.52 Å². The van der Waals surface area contributed by atoms with Crippen LogP contribution in [0.1, 0.15) is 20.8 Å². The first-order chi connectivity index (χ1) is 11.3. The number of hydrogen-bond donors (Lipinski definition) is 1. The Bertz CT molecular complexity index is 749. The van der Waals surface area contributed by atoms with E-state index in [1.54, 1.807) is 17.0 Å². The molecule has 0 spiro atoms. The second kappa shape index (κ2) is 6.14. The van der Waals surface area contributed by atoms with Crippen molar-refractivity contribution in [3.05, 3.63) is 24.5 Å². The van der Waals surface area contributed by atoms with E-state index in [9.17, 15) is 9.90 Å². The number of rotatable bonds is 1. The summed E-state index contributed by atoms with van der Waals surface area (Å²) < 4.78 is 5.42. The number of aromatic hydroxyl groups is 1. The summed E-state index contributed by atoms with van der Waals surface area (Å²) in [7, 11) is 0. The van der Waals surface area contributed by atoms with Gasteiger partial charge in [-0.05, 0) is 32.9 Å². The zero-order chi connectivity index (χ0) is 17.3. The lowest BCUT2D eigenvalue weighted by molar-refractivity contribution is 0.0240. The second-order valence-corrected chi connectivity index (χ2v) is 6.85. The molecule has 7 heteroatoms. The molecule has 3 rings (SSSR count). The van der Waals surface area contributed by atoms with Gasteiger partial charge in [-0.25, -0.2) is 14.8 Å². The van der Waals surface area contributed by atoms with Gasteiger partial charge in [0.25, 0.3) is 0 Å². The van der Waals surface area contributed by atoms with E-state index in [1.807, 2.05) is 26.8 Å². The van der Waals surface area contributed by atoms with E-state index in [2.05, 4.69) is 14.9 Å². The van der Waals surface area contributed by atoms with Crippen molar-refractivity contribution in [3.63, 3.8) is 0 Å². The molecule has 0 unspecified atom stereocenters. The minimum absolute atomic E-state index is 0.182. The predicted molar refractivity (Wildman–Crippen MR) is 91.2 cm³/mol. The van der Waals surface area contributed by atoms with Crippen LogP contribution in [0, 0.1) is 0 Å². The zero-order valence-electron chi connectivity index (χ0n) is 14.2. The van der Waals surface area contributed by atoms with Crippen molar-refractivity contribution in [2.45, 2.75) is 26.4 Å². The Morgan fingerprint density at radius 1 is 1.17 bits per heavy atom. The van der Waals surface area contributed by atoms with E-state index < -0.39 is 5.60 Å². The summed E-state index contributed by atoms with van der Waals surface area (Å²) in [5, 5.41) is 10.5. The standard InChI is InChI=1S/C17H22N4O3/c1-17(2,3)24-16(23)21-8-6-20(7-9-21)15-13-5-4-12(22)10-14(13)18-11-19-15/h4-5,10-11,22H,6-9H2,1-3H3. The molecule has 2 aromatic rings. The number of anilines is 1. The van der Waals surface area contributed by atoms with Crippen molar-refractivity contribution in [1.82, 2.24) is 14.9 Å². The van der Waals surface area contributed by atoms with Gasteiger partial charge in [0.1, 0.15) is 23.5 Å². The Kier molecular flexibility index (Phi) is 4.17. The molecule has 128 valence electrons. The van der Waals surface area contributed by atoms with Crippen molar-refractivity contribution in [2.75, 3.05) is 31.1 Å². The molecule has 0 atom stereocenters. The van der Waals surface area contributed by atoms with Crippen LogP contribution in [0.2, 0.25) is 0 Å². The van der Waals surface area contributed by atoms with Crippen molar-refractivity contribution in [2.24, 2.45) is 0 Å². The van der Waals surface area contributed by atoms with Gasteiger partial charge in [0.15, 0.2) is 0 Å². The van der Waals surface area contributed by atoms with Crippen LogP contribution in [-0.2, 0) is 4.74 Å². The first-order valence-electron chi connectivity index (χ1n) is 8.00. The summed E-state index contributed by atoms with van der Waals surface area (Å²) in [5.74, 6) is 1.01. The second-order valence-electron chi connectivity index (χ2n) is 6.85. The Labute approximate surface area is 140 Å². The third-order valence-corrected chi connectivity index (χ3v) is 3.83. The Balaban J connectivity index is 1.72. The van der Waals surface area contributed by atoms with E-state index in [4.69, 9.17) is 4.74 Å². The number of carbonyl (C=O) groups excluding carboxylic acids is 1. The number of phenolic OH excluding ortho intramolecular Hbond substituents is 1. The fourth-order valence-electron chi connectivity index (χ4n) is 2.71. The molecule has 0 bridgehead atoms. The largest absolute Gasteiger partial charge is 0.508 e. The molecule has 0 radical (unpaired) electrons. The van der Waals surface area contributed by atoms with Crippen LogP contribution in [0.15, 0.2) is 24.5 Å². The van der Waals surface area contributed by atoms with Gasteiger partial charge in [-0.1, -0.05) is 0 Å². The molecular formula is C17H22N4O3. The topological polar surface area (TPSA) is 78.8 Å². The van der Waals surface area contributed by atoms with Gasteiger partial charge in [0.2, 0.25) is 0 Å². The molecule has 24 heavy (non-hydrogen) atoms. The number of hydrogen-bond acceptors (Lipinski definition) is 6. The van der Waals surface area contributed by atoms with Crippen LogP contribution in [0.25, 0.3) is 10.9 Å². The maximum atomic E-state index is 12.1. The predicted octanol–water partition coefficient (Wildman–Crippen LogP) is 2.39. The number of nitrogens with zero attached hydrogens (tertiary/aromatic N) is 4. The van der Waals surface area contributed by atoms with Crippen LogP contribution >= 0.6 is 0 Å². The quantitative estimate of drug-likeness (QED) is 0.865. The Morgan fingerprint density at radius 3 is 2.54 bits per heavy atom. The summed E-state index contributed by atoms with van der Waals surface area (Å²) in [4.78, 5) is 24.6. The summed E-state index contributed by atoms with van der Waals surface area (Å²) in [6.45, 7) is 8.10. The van der Waals surface area contributed by atoms with E-state index >= 15 is 0 Å². The van der Waals surface area contributed by atoms with Crippen molar-refractivity contribution in [1.29, 1.82) is 0 Å². The van der Waals surface area contributed by atoms with E-state index in [0.717, 1.165) is 11.2 Å². The van der Waals surface area contributed by atoms with Crippen LogP contribution in [0.3, 0.4) is 0 Å². The number of aromatic nitrogens is 2. The highest BCUT2D eigenvalue weighted by Gasteiger charge is 2.26. The smallest absolute Gasteiger partial charge is 0.410 e. The summed E-state index contributed by atoms with van der Waals surface area (Å²) in [5.41, 5.74) is 0.216. The number of fused-ring (bicyclic) bond motifs is 1. The molecule has 1 N–H and O–H groups in total. The average Bonchev–Trinajstić information content (AvgIpc) is 2.52. The molecule has 0 saturated carbocycles. The molecular weight excluding hydrogens is 308 g/mol. The van der Waals surface area contributed by atoms with Gasteiger partial charge in [-0.3, -0.25) is 0 Å². The van der Waals surface area contributed by atoms with E-state index in [0.29, 0.717) is 31.7 Å². The van der Waals surface area contributed by atoms with Gasteiger partial charge >= 0.3 is 6.09 Å². The lowest BCUT2D eigenvalue weighted by atomic mass is 10.2. The number of benzene rings is 1. The molecule has 1 amide bonds. The Hall–Kier alpha value is -2.57. The van der Waals surface area contributed by atoms with Crippen LogP contribution in [0.4, 0.5) is 10.6 Å². The molecule has 1 aliphatic heterocycles. The SMILES string of the molecule is CC(C)(C)OC(=O)N1CCN(c2ncnc3cc(O)ccc23)CC1. The monoisotopic (exact) mass is 330 g/mol. The summed E-state index contributed by atoms with van der Waals surface area (Å²) >= 11 is 0. The summed E-state index contributed by atoms with van der Waals surface area (Å²) in [6.07, 6.45) is 1.22. The molecule has 7 nitrogen and oxygen atoms in total. The minimum Gasteiger partial charge on any atom is -0.508 e. The fraction of sp³-hybridized carbons (Fsp3) is 0.471. The number of amides is 1. The molecule has 1 aromatic carbocycles. The van der Waals surface area contributed by atoms with E-state index in [-0.39, 0.29) is 11.8 Å². The van der Waals surface area contributed by atoms with Crippen LogP contribution in [0.5, 0.6) is 5.75 Å². The van der Waals surface area contributed by atoms with Gasteiger partial charge in [-0.2, -0.15) is 0 Å². The third-order valence-electron chi connectivity index (χ3n) is 3.83. The summed E-state index contributed by atoms with van der Waals surface area (Å²) in [6, 6.07) is 5.07. The van der Waals surface area contributed by atoms with Crippen molar-refractivity contribution < 1.29 is 14.6 Å². The molecule has 1 aliphatic rings. The number of ether oxygens (including phenoxy) is 1. The highest BCUT2D eigenvalue weighted by Crippen LogP contribution is 2.26. The van der Waals surface area contributed by atoms with Crippen LogP contribution < -0.4 is 4.90 Å². The van der Waals surface area contributed by atoms with Gasteiger partial charge in [0, 0.05) is 37.6 Å². The zero-order valence-corrected chi connectivity index (χ0v) is 14.2. The number of phenols is 1. The first kappa shape index (κ1) is 16.3. The number of piperazine rings is 1. The normalized spacial score (nSPS) is 15.6. The maximum Gasteiger partial charge on any atom is 0.410 e. The maximum absolute atomic E-state index is 12.1. The molecule has 1 saturated heterocycles. The van der Waals surface area contributed by atoms with Gasteiger partial charge in [-0.15, -0.1) is 0 Å². The fourth-order valence-corrected chi connectivity index (χ4v) is 2.71. The lowest BCUT2D eigenvalue weighted by Crippen LogP contribution is -2.50. The van der Waals surface area contributed by atoms with Crippen molar-refractivity contribution in [3.8, 4) is 5.75 Å². The molecule has 2 heterocycles. The highest BCUT2D eigenvalue weighted by atomic mass is 16.6. The number of carbonyl (C=O) groups is 1. The molecule has 1 aromatic heterocycles. The third kappa shape index (κ3) is 3.50. The van der Waals surface area contributed by atoms with Gasteiger partial charge < -0.3 is 19.6 Å². The molecule has 0 aliphatic carbocycles. The lowest BCUT2D eigenvalue weighted by Gasteiger charge is -2.36. The van der Waals surface area contributed by atoms with Crippen LogP contribution in [-0.4, -0.2) is 57.8 Å². The highest BCUT2D eigenvalue weighted by molar-refractivity contribution is 5.90. The minimum atomic E-state index is -0.487. The van der Waals surface area contributed by atoms with E-state index in [1.165, 1.54) is 6.33 Å². The Morgan fingerprint density at radius 2 is 1.88 bits per heavy atom.